The molecule has 0 unspecified atom stereocenters. The third-order valence-electron chi connectivity index (χ3n) is 7.03. The van der Waals surface area contributed by atoms with E-state index < -0.39 is 10.8 Å². The summed E-state index contributed by atoms with van der Waals surface area (Å²) in [5.41, 5.74) is 3.10. The minimum atomic E-state index is -0.468. The summed E-state index contributed by atoms with van der Waals surface area (Å²) in [6.07, 6.45) is 0. The van der Waals surface area contributed by atoms with Crippen LogP contribution in [0.4, 0.5) is 0 Å². The second-order valence-corrected chi connectivity index (χ2v) is 9.64. The van der Waals surface area contributed by atoms with E-state index in [4.69, 9.17) is 28.4 Å². The molecule has 0 aliphatic heterocycles. The van der Waals surface area contributed by atoms with Crippen molar-refractivity contribution in [2.24, 2.45) is 0 Å². The summed E-state index contributed by atoms with van der Waals surface area (Å²) in [6, 6.07) is 15.9. The molecule has 194 valence electrons. The van der Waals surface area contributed by atoms with Crippen molar-refractivity contribution in [3.63, 3.8) is 0 Å². The van der Waals surface area contributed by atoms with Crippen molar-refractivity contribution >= 4 is 0 Å². The van der Waals surface area contributed by atoms with Gasteiger partial charge in [-0.1, -0.05) is 39.8 Å². The minimum Gasteiger partial charge on any atom is -0.497 e. The Kier molecular flexibility index (Phi) is 7.97. The van der Waals surface area contributed by atoms with Crippen molar-refractivity contribution in [1.82, 2.24) is 0 Å². The van der Waals surface area contributed by atoms with Gasteiger partial charge in [0, 0.05) is 51.3 Å². The predicted molar refractivity (Wildman–Crippen MR) is 143 cm³/mol. The molecule has 0 atom stereocenters. The second-order valence-electron chi connectivity index (χ2n) is 9.64. The molecule has 6 heteroatoms. The lowest BCUT2D eigenvalue weighted by molar-refractivity contribution is 0.368. The Labute approximate surface area is 215 Å². The van der Waals surface area contributed by atoms with Crippen LogP contribution in [-0.2, 0) is 10.8 Å². The molecule has 0 spiro atoms. The van der Waals surface area contributed by atoms with Crippen molar-refractivity contribution in [1.29, 1.82) is 0 Å². The summed E-state index contributed by atoms with van der Waals surface area (Å²) in [5, 5.41) is 0. The molecule has 3 rings (SSSR count). The van der Waals surface area contributed by atoms with Gasteiger partial charge in [0.2, 0.25) is 0 Å². The summed E-state index contributed by atoms with van der Waals surface area (Å²) < 4.78 is 34.1. The van der Waals surface area contributed by atoms with Crippen molar-refractivity contribution < 1.29 is 28.4 Å². The molecule has 3 aromatic rings. The van der Waals surface area contributed by atoms with Crippen LogP contribution in [0.2, 0.25) is 0 Å². The summed E-state index contributed by atoms with van der Waals surface area (Å²) in [7, 11) is 9.99. The molecule has 0 aliphatic rings. The van der Waals surface area contributed by atoms with Crippen LogP contribution in [0.1, 0.15) is 49.9 Å². The highest BCUT2D eigenvalue weighted by molar-refractivity contribution is 5.60. The van der Waals surface area contributed by atoms with Gasteiger partial charge in [-0.3, -0.25) is 0 Å². The Bertz CT molecular complexity index is 1120. The first-order valence-electron chi connectivity index (χ1n) is 11.8. The molecule has 0 radical (unpaired) electrons. The molecule has 0 N–H and O–H groups in total. The summed E-state index contributed by atoms with van der Waals surface area (Å²) in [4.78, 5) is 0. The van der Waals surface area contributed by atoms with Gasteiger partial charge in [0.25, 0.3) is 0 Å². The third kappa shape index (κ3) is 4.77. The van der Waals surface area contributed by atoms with Gasteiger partial charge >= 0.3 is 0 Å². The lowest BCUT2D eigenvalue weighted by Crippen LogP contribution is -2.25. The molecule has 0 saturated heterocycles. The maximum Gasteiger partial charge on any atom is 0.126 e. The van der Waals surface area contributed by atoms with Gasteiger partial charge in [-0.25, -0.2) is 0 Å². The smallest absolute Gasteiger partial charge is 0.126 e. The Hall–Kier alpha value is -3.54. The van der Waals surface area contributed by atoms with Crippen LogP contribution >= 0.6 is 0 Å². The van der Waals surface area contributed by atoms with Gasteiger partial charge in [0.15, 0.2) is 0 Å². The van der Waals surface area contributed by atoms with Crippen LogP contribution < -0.4 is 28.4 Å². The average molecular weight is 495 g/mol. The van der Waals surface area contributed by atoms with Crippen molar-refractivity contribution in [2.45, 2.75) is 38.5 Å². The van der Waals surface area contributed by atoms with Crippen molar-refractivity contribution in [3.05, 3.63) is 70.8 Å². The lowest BCUT2D eigenvalue weighted by Gasteiger charge is -2.34. The first-order chi connectivity index (χ1) is 17.1. The van der Waals surface area contributed by atoms with Crippen LogP contribution in [-0.4, -0.2) is 42.7 Å². The molecule has 6 nitrogen and oxygen atoms in total. The van der Waals surface area contributed by atoms with Crippen LogP contribution in [0.3, 0.4) is 0 Å². The summed E-state index contributed by atoms with van der Waals surface area (Å²) in [5.74, 6) is 4.43. The van der Waals surface area contributed by atoms with Crippen molar-refractivity contribution in [2.75, 3.05) is 42.7 Å². The van der Waals surface area contributed by atoms with Gasteiger partial charge < -0.3 is 28.4 Å². The molecule has 0 aromatic heterocycles. The highest BCUT2D eigenvalue weighted by atomic mass is 16.5. The van der Waals surface area contributed by atoms with Crippen LogP contribution in [0.15, 0.2) is 48.5 Å². The fourth-order valence-corrected chi connectivity index (χ4v) is 4.80. The van der Waals surface area contributed by atoms with Gasteiger partial charge in [0.05, 0.1) is 42.7 Å². The SMILES string of the molecule is COc1ccc(C(C)(C)c2cc(C(C)(C)c3ccc(OC)cc3OC)c(OC)cc2OC)c(OC)c1. The molecule has 0 bridgehead atoms. The molecule has 0 amide bonds. The quantitative estimate of drug-likeness (QED) is 0.326. The highest BCUT2D eigenvalue weighted by Crippen LogP contribution is 2.49. The zero-order chi connectivity index (χ0) is 26.7. The van der Waals surface area contributed by atoms with E-state index in [-0.39, 0.29) is 0 Å². The van der Waals surface area contributed by atoms with Crippen LogP contribution in [0.25, 0.3) is 0 Å². The Morgan fingerprint density at radius 3 is 1.03 bits per heavy atom. The van der Waals surface area contributed by atoms with E-state index in [9.17, 15) is 0 Å². The highest BCUT2D eigenvalue weighted by Gasteiger charge is 2.36. The number of rotatable bonds is 10. The number of benzene rings is 3. The first-order valence-corrected chi connectivity index (χ1v) is 11.8. The van der Waals surface area contributed by atoms with Gasteiger partial charge in [0.1, 0.15) is 34.5 Å². The summed E-state index contributed by atoms with van der Waals surface area (Å²) in [6.45, 7) is 8.64. The van der Waals surface area contributed by atoms with Crippen LogP contribution in [0, 0.1) is 0 Å². The zero-order valence-corrected chi connectivity index (χ0v) is 23.1. The molecular weight excluding hydrogens is 456 g/mol. The zero-order valence-electron chi connectivity index (χ0n) is 23.1. The summed E-state index contributed by atoms with van der Waals surface area (Å²) >= 11 is 0. The lowest BCUT2D eigenvalue weighted by atomic mass is 9.72. The normalized spacial score (nSPS) is 11.6. The largest absolute Gasteiger partial charge is 0.497 e. The Morgan fingerprint density at radius 1 is 0.389 bits per heavy atom. The molecule has 0 aliphatic carbocycles. The predicted octanol–water partition coefficient (Wildman–Crippen LogP) is 6.39. The van der Waals surface area contributed by atoms with E-state index in [2.05, 4.69) is 33.8 Å². The fraction of sp³-hybridized carbons (Fsp3) is 0.400. The third-order valence-corrected chi connectivity index (χ3v) is 7.03. The standard InChI is InChI=1S/C30H38O6/c1-29(2,21-13-11-19(31-5)15-25(21)33-7)23-17-24(28(36-10)18-27(23)35-9)30(3,4)22-14-12-20(32-6)16-26(22)34-8/h11-18H,1-10H3. The van der Waals surface area contributed by atoms with E-state index in [1.165, 1.54) is 0 Å². The molecular formula is C30H38O6. The molecule has 0 fully saturated rings. The van der Waals surface area contributed by atoms with Crippen molar-refractivity contribution in [3.8, 4) is 34.5 Å². The fourth-order valence-electron chi connectivity index (χ4n) is 4.80. The topological polar surface area (TPSA) is 55.4 Å². The van der Waals surface area contributed by atoms with E-state index in [0.717, 1.165) is 56.8 Å². The van der Waals surface area contributed by atoms with Gasteiger partial charge in [-0.2, -0.15) is 0 Å². The monoisotopic (exact) mass is 494 g/mol. The maximum absolute atomic E-state index is 5.88. The first kappa shape index (κ1) is 27.1. The van der Waals surface area contributed by atoms with E-state index in [0.29, 0.717) is 0 Å². The Balaban J connectivity index is 2.28. The Morgan fingerprint density at radius 2 is 0.722 bits per heavy atom. The molecule has 0 heterocycles. The molecule has 36 heavy (non-hydrogen) atoms. The average Bonchev–Trinajstić information content (AvgIpc) is 2.90. The van der Waals surface area contributed by atoms with Crippen LogP contribution in [0.5, 0.6) is 34.5 Å². The maximum atomic E-state index is 5.88. The second kappa shape index (κ2) is 10.6. The molecule has 0 saturated carbocycles. The van der Waals surface area contributed by atoms with Gasteiger partial charge in [-0.05, 0) is 18.2 Å². The minimum absolute atomic E-state index is 0.468. The van der Waals surface area contributed by atoms with Gasteiger partial charge in [-0.15, -0.1) is 0 Å². The number of ether oxygens (including phenoxy) is 6. The number of hydrogen-bond donors (Lipinski definition) is 0. The van der Waals surface area contributed by atoms with E-state index in [1.54, 1.807) is 42.7 Å². The number of methoxy groups -OCH3 is 6. The molecule has 3 aromatic carbocycles. The van der Waals surface area contributed by atoms with E-state index >= 15 is 0 Å². The van der Waals surface area contributed by atoms with E-state index in [1.807, 2.05) is 42.5 Å². The number of hydrogen-bond acceptors (Lipinski definition) is 6.